The maximum atomic E-state index is 12.5. The zero-order chi connectivity index (χ0) is 23.8. The quantitative estimate of drug-likeness (QED) is 0.498. The molecule has 2 atom stereocenters. The van der Waals surface area contributed by atoms with Crippen LogP contribution in [0.5, 0.6) is 5.75 Å². The number of hydrogen-bond donors (Lipinski definition) is 1. The Balaban J connectivity index is 1.70. The minimum Gasteiger partial charge on any atom is -0.406 e. The van der Waals surface area contributed by atoms with Crippen LogP contribution in [0.25, 0.3) is 11.0 Å². The van der Waals surface area contributed by atoms with E-state index in [4.69, 9.17) is 4.98 Å². The Kier molecular flexibility index (Phi) is 6.23. The summed E-state index contributed by atoms with van der Waals surface area (Å²) in [4.78, 5) is 18.7. The van der Waals surface area contributed by atoms with E-state index in [1.165, 1.54) is 35.6 Å². The smallest absolute Gasteiger partial charge is 0.406 e. The van der Waals surface area contributed by atoms with Gasteiger partial charge in [-0.25, -0.2) is 4.98 Å². The van der Waals surface area contributed by atoms with Crippen LogP contribution in [0.3, 0.4) is 0 Å². The molecule has 1 saturated carbocycles. The predicted molar refractivity (Wildman–Crippen MR) is 121 cm³/mol. The Morgan fingerprint density at radius 1 is 1.15 bits per heavy atom. The molecule has 176 valence electrons. The summed E-state index contributed by atoms with van der Waals surface area (Å²) in [7, 11) is 3.40. The first-order chi connectivity index (χ1) is 15.6. The molecule has 1 aliphatic carbocycles. The number of imidazole rings is 1. The molecule has 1 fully saturated rings. The SMILES string of the molecule is CC1CCCC(n2c(Nc3ccc(OC(F)(F)F)cc3)nc3cc(C(=O)N(C)C)ccc32)C1. The van der Waals surface area contributed by atoms with E-state index >= 15 is 0 Å². The summed E-state index contributed by atoms with van der Waals surface area (Å²) in [5, 5.41) is 3.26. The number of carbonyl (C=O) groups is 1. The zero-order valence-corrected chi connectivity index (χ0v) is 18.8. The second-order valence-corrected chi connectivity index (χ2v) is 8.83. The Morgan fingerprint density at radius 2 is 1.88 bits per heavy atom. The number of aromatic nitrogens is 2. The van der Waals surface area contributed by atoms with E-state index in [2.05, 4.69) is 21.5 Å². The van der Waals surface area contributed by atoms with Crippen molar-refractivity contribution in [2.45, 2.75) is 45.0 Å². The molecule has 1 aliphatic rings. The minimum absolute atomic E-state index is 0.104. The number of hydrogen-bond acceptors (Lipinski definition) is 4. The highest BCUT2D eigenvalue weighted by Gasteiger charge is 2.31. The van der Waals surface area contributed by atoms with Gasteiger partial charge in [0.1, 0.15) is 5.75 Å². The summed E-state index contributed by atoms with van der Waals surface area (Å²) >= 11 is 0. The molecular weight excluding hydrogens is 433 g/mol. The minimum atomic E-state index is -4.73. The zero-order valence-electron chi connectivity index (χ0n) is 18.8. The van der Waals surface area contributed by atoms with Gasteiger partial charge in [-0.1, -0.05) is 19.8 Å². The van der Waals surface area contributed by atoms with Gasteiger partial charge in [-0.3, -0.25) is 4.79 Å². The highest BCUT2D eigenvalue weighted by atomic mass is 19.4. The number of halogens is 3. The first kappa shape index (κ1) is 22.9. The maximum Gasteiger partial charge on any atom is 0.573 e. The lowest BCUT2D eigenvalue weighted by molar-refractivity contribution is -0.274. The lowest BCUT2D eigenvalue weighted by Gasteiger charge is -2.29. The number of fused-ring (bicyclic) bond motifs is 1. The molecule has 33 heavy (non-hydrogen) atoms. The van der Waals surface area contributed by atoms with Gasteiger partial charge in [0.05, 0.1) is 11.0 Å². The highest BCUT2D eigenvalue weighted by molar-refractivity contribution is 5.97. The molecule has 1 N–H and O–H groups in total. The summed E-state index contributed by atoms with van der Waals surface area (Å²) in [5.41, 5.74) is 2.76. The molecule has 2 unspecified atom stereocenters. The molecule has 9 heteroatoms. The third-order valence-corrected chi connectivity index (χ3v) is 5.96. The van der Waals surface area contributed by atoms with Gasteiger partial charge in [0.2, 0.25) is 5.95 Å². The van der Waals surface area contributed by atoms with Crippen molar-refractivity contribution in [3.63, 3.8) is 0 Å². The topological polar surface area (TPSA) is 59.4 Å². The van der Waals surface area contributed by atoms with Gasteiger partial charge < -0.3 is 19.5 Å². The molecule has 6 nitrogen and oxygen atoms in total. The van der Waals surface area contributed by atoms with Gasteiger partial charge in [0, 0.05) is 31.4 Å². The van der Waals surface area contributed by atoms with E-state index in [9.17, 15) is 18.0 Å². The van der Waals surface area contributed by atoms with Crippen LogP contribution in [-0.2, 0) is 0 Å². The van der Waals surface area contributed by atoms with Crippen molar-refractivity contribution in [1.82, 2.24) is 14.5 Å². The number of carbonyl (C=O) groups excluding carboxylic acids is 1. The van der Waals surface area contributed by atoms with E-state index in [1.54, 1.807) is 20.2 Å². The van der Waals surface area contributed by atoms with E-state index < -0.39 is 6.36 Å². The second kappa shape index (κ2) is 8.96. The molecule has 2 aromatic carbocycles. The number of nitrogens with one attached hydrogen (secondary N) is 1. The molecule has 1 aromatic heterocycles. The molecule has 1 heterocycles. The Morgan fingerprint density at radius 3 is 2.52 bits per heavy atom. The highest BCUT2D eigenvalue weighted by Crippen LogP contribution is 2.38. The fraction of sp³-hybridized carbons (Fsp3) is 0.417. The molecule has 3 aromatic rings. The monoisotopic (exact) mass is 460 g/mol. The molecule has 0 radical (unpaired) electrons. The van der Waals surface area contributed by atoms with Gasteiger partial charge in [-0.2, -0.15) is 0 Å². The normalized spacial score (nSPS) is 18.8. The van der Waals surface area contributed by atoms with E-state index in [1.807, 2.05) is 12.1 Å². The van der Waals surface area contributed by atoms with Crippen molar-refractivity contribution < 1.29 is 22.7 Å². The van der Waals surface area contributed by atoms with Gasteiger partial charge >= 0.3 is 6.36 Å². The molecule has 1 amide bonds. The Labute approximate surface area is 190 Å². The average molecular weight is 461 g/mol. The third-order valence-electron chi connectivity index (χ3n) is 5.96. The van der Waals surface area contributed by atoms with E-state index in [-0.39, 0.29) is 17.7 Å². The summed E-state index contributed by atoms with van der Waals surface area (Å²) in [5.74, 6) is 0.799. The Hall–Kier alpha value is -3.23. The van der Waals surface area contributed by atoms with Crippen LogP contribution in [0, 0.1) is 5.92 Å². The van der Waals surface area contributed by atoms with Gasteiger partial charge in [-0.05, 0) is 61.2 Å². The maximum absolute atomic E-state index is 12.5. The van der Waals surface area contributed by atoms with Gasteiger partial charge in [-0.15, -0.1) is 13.2 Å². The van der Waals surface area contributed by atoms with Crippen molar-refractivity contribution in [2.75, 3.05) is 19.4 Å². The summed E-state index contributed by atoms with van der Waals surface area (Å²) in [6.07, 6.45) is -0.403. The fourth-order valence-corrected chi connectivity index (χ4v) is 4.45. The van der Waals surface area contributed by atoms with Gasteiger partial charge in [0.25, 0.3) is 5.91 Å². The van der Waals surface area contributed by atoms with Crippen LogP contribution >= 0.6 is 0 Å². The number of alkyl halides is 3. The Bertz CT molecular complexity index is 1140. The second-order valence-electron chi connectivity index (χ2n) is 8.83. The lowest BCUT2D eigenvalue weighted by Crippen LogP contribution is -2.21. The molecular formula is C24H27F3N4O2. The van der Waals surface area contributed by atoms with Crippen LogP contribution in [-0.4, -0.2) is 40.8 Å². The number of ether oxygens (including phenoxy) is 1. The van der Waals surface area contributed by atoms with Gasteiger partial charge in [0.15, 0.2) is 0 Å². The third kappa shape index (κ3) is 5.23. The number of anilines is 2. The molecule has 0 saturated heterocycles. The van der Waals surface area contributed by atoms with Crippen molar-refractivity contribution in [1.29, 1.82) is 0 Å². The van der Waals surface area contributed by atoms with Crippen molar-refractivity contribution in [2.24, 2.45) is 5.92 Å². The van der Waals surface area contributed by atoms with E-state index in [0.29, 0.717) is 28.6 Å². The average Bonchev–Trinajstić information content (AvgIpc) is 3.10. The molecule has 0 spiro atoms. The fourth-order valence-electron chi connectivity index (χ4n) is 4.45. The summed E-state index contributed by atoms with van der Waals surface area (Å²) < 4.78 is 43.5. The molecule has 0 aliphatic heterocycles. The first-order valence-electron chi connectivity index (χ1n) is 11.0. The van der Waals surface area contributed by atoms with Crippen molar-refractivity contribution in [3.8, 4) is 5.75 Å². The summed E-state index contributed by atoms with van der Waals surface area (Å²) in [6, 6.07) is 11.3. The molecule has 4 rings (SSSR count). The van der Waals surface area contributed by atoms with Crippen LogP contribution in [0.4, 0.5) is 24.8 Å². The number of nitrogens with zero attached hydrogens (tertiary/aromatic N) is 3. The predicted octanol–water partition coefficient (Wildman–Crippen LogP) is 6.13. The van der Waals surface area contributed by atoms with Crippen molar-refractivity contribution >= 4 is 28.6 Å². The van der Waals surface area contributed by atoms with Crippen molar-refractivity contribution in [3.05, 3.63) is 48.0 Å². The first-order valence-corrected chi connectivity index (χ1v) is 11.0. The number of rotatable bonds is 5. The standard InChI is InChI=1S/C24H27F3N4O2/c1-15-5-4-6-18(13-15)31-21-12-7-16(22(32)30(2)3)14-20(21)29-23(31)28-17-8-10-19(11-9-17)33-24(25,26)27/h7-12,14-15,18H,4-6,13H2,1-3H3,(H,28,29). The summed E-state index contributed by atoms with van der Waals surface area (Å²) in [6.45, 7) is 2.24. The lowest BCUT2D eigenvalue weighted by atomic mass is 9.87. The number of amides is 1. The number of benzene rings is 2. The van der Waals surface area contributed by atoms with E-state index in [0.717, 1.165) is 24.8 Å². The largest absolute Gasteiger partial charge is 0.573 e. The van der Waals surface area contributed by atoms with Crippen LogP contribution in [0.1, 0.15) is 49.0 Å². The van der Waals surface area contributed by atoms with Crippen LogP contribution < -0.4 is 10.1 Å². The van der Waals surface area contributed by atoms with Crippen LogP contribution in [0.15, 0.2) is 42.5 Å². The molecule has 0 bridgehead atoms. The van der Waals surface area contributed by atoms with Crippen LogP contribution in [0.2, 0.25) is 0 Å².